The van der Waals surface area contributed by atoms with E-state index in [0.717, 1.165) is 17.3 Å². The van der Waals surface area contributed by atoms with Gasteiger partial charge in [0.1, 0.15) is 15.9 Å². The Morgan fingerprint density at radius 3 is 2.64 bits per heavy atom. The molecular weight excluding hydrogens is 358 g/mol. The van der Waals surface area contributed by atoms with Crippen molar-refractivity contribution in [2.75, 3.05) is 4.72 Å². The summed E-state index contributed by atoms with van der Waals surface area (Å²) in [6.45, 7) is 0.629. The summed E-state index contributed by atoms with van der Waals surface area (Å²) in [6.07, 6.45) is 3.59. The molecule has 4 rings (SSSR count). The largest absolute Gasteiger partial charge is 0.280 e. The number of fused-ring (bicyclic) bond motifs is 1. The lowest BCUT2D eigenvalue weighted by Crippen LogP contribution is -2.13. The highest BCUT2D eigenvalue weighted by atomic mass is 32.2. The topological polar surface area (TPSA) is 89.8 Å². The number of rotatable bonds is 5. The van der Waals surface area contributed by atoms with E-state index in [1.54, 1.807) is 35.1 Å². The molecule has 0 unspecified atom stereocenters. The molecule has 25 heavy (non-hydrogen) atoms. The zero-order valence-electron chi connectivity index (χ0n) is 12.9. The van der Waals surface area contributed by atoms with Gasteiger partial charge in [-0.05, 0) is 35.9 Å². The number of anilines is 1. The fourth-order valence-corrected chi connectivity index (χ4v) is 4.29. The normalized spacial score (nSPS) is 11.7. The molecule has 2 aromatic carbocycles. The number of sulfonamides is 1. The van der Waals surface area contributed by atoms with Crippen LogP contribution < -0.4 is 4.72 Å². The minimum atomic E-state index is -3.74. The maximum Gasteiger partial charge on any atom is 0.264 e. The maximum absolute atomic E-state index is 12.7. The van der Waals surface area contributed by atoms with Gasteiger partial charge in [-0.25, -0.2) is 8.42 Å². The Bertz CT molecular complexity index is 1100. The van der Waals surface area contributed by atoms with Crippen LogP contribution in [0.2, 0.25) is 0 Å². The number of benzene rings is 2. The summed E-state index contributed by atoms with van der Waals surface area (Å²) in [5.74, 6) is 0. The summed E-state index contributed by atoms with van der Waals surface area (Å²) < 4.78 is 37.9. The molecule has 0 aliphatic heterocycles. The van der Waals surface area contributed by atoms with Crippen LogP contribution >= 0.6 is 11.7 Å². The number of hydrogen-bond acceptors (Lipinski definition) is 6. The van der Waals surface area contributed by atoms with E-state index in [1.807, 2.05) is 24.4 Å². The Labute approximate surface area is 148 Å². The molecule has 0 spiro atoms. The molecule has 0 amide bonds. The zero-order valence-corrected chi connectivity index (χ0v) is 14.5. The Morgan fingerprint density at radius 2 is 1.88 bits per heavy atom. The van der Waals surface area contributed by atoms with E-state index < -0.39 is 10.0 Å². The number of aromatic nitrogens is 4. The van der Waals surface area contributed by atoms with Crippen molar-refractivity contribution in [1.82, 2.24) is 18.5 Å². The van der Waals surface area contributed by atoms with E-state index in [0.29, 0.717) is 23.3 Å². The second kappa shape index (κ2) is 6.26. The van der Waals surface area contributed by atoms with Crippen LogP contribution in [0.25, 0.3) is 11.0 Å². The van der Waals surface area contributed by atoms with Crippen molar-refractivity contribution in [2.45, 2.75) is 11.4 Å². The van der Waals surface area contributed by atoms with E-state index in [9.17, 15) is 8.42 Å². The highest BCUT2D eigenvalue weighted by molar-refractivity contribution is 7.93. The van der Waals surface area contributed by atoms with Crippen LogP contribution in [0.3, 0.4) is 0 Å². The van der Waals surface area contributed by atoms with Crippen LogP contribution in [-0.2, 0) is 16.6 Å². The zero-order chi connectivity index (χ0) is 17.3. The van der Waals surface area contributed by atoms with Crippen LogP contribution in [0.5, 0.6) is 0 Å². The first-order valence-electron chi connectivity index (χ1n) is 7.42. The van der Waals surface area contributed by atoms with Crippen LogP contribution in [-0.4, -0.2) is 26.9 Å². The summed E-state index contributed by atoms with van der Waals surface area (Å²) >= 11 is 0.993. The standard InChI is InChI=1S/C16H13N5O2S2/c22-25(23,15-4-1-3-14-16(15)19-24-18-14)20-13-7-5-12(6-8-13)11-21-10-2-9-17-21/h1-10,20H,11H2. The van der Waals surface area contributed by atoms with E-state index in [4.69, 9.17) is 0 Å². The molecule has 1 N–H and O–H groups in total. The van der Waals surface area contributed by atoms with Gasteiger partial charge in [-0.2, -0.15) is 13.8 Å². The van der Waals surface area contributed by atoms with Crippen molar-refractivity contribution in [3.05, 3.63) is 66.5 Å². The fraction of sp³-hybridized carbons (Fsp3) is 0.0625. The molecule has 0 radical (unpaired) electrons. The third-order valence-electron chi connectivity index (χ3n) is 3.65. The Balaban J connectivity index is 1.57. The molecule has 4 aromatic rings. The van der Waals surface area contributed by atoms with Gasteiger partial charge in [0.05, 0.1) is 18.3 Å². The molecule has 2 heterocycles. The Kier molecular flexibility index (Phi) is 3.94. The van der Waals surface area contributed by atoms with Gasteiger partial charge < -0.3 is 0 Å². The molecule has 0 saturated carbocycles. The molecular formula is C16H13N5O2S2. The van der Waals surface area contributed by atoms with Crippen LogP contribution in [0.1, 0.15) is 5.56 Å². The lowest BCUT2D eigenvalue weighted by atomic mass is 10.2. The van der Waals surface area contributed by atoms with Gasteiger partial charge in [-0.1, -0.05) is 18.2 Å². The summed E-state index contributed by atoms with van der Waals surface area (Å²) in [5.41, 5.74) is 2.47. The first kappa shape index (κ1) is 15.7. The molecule has 126 valence electrons. The minimum absolute atomic E-state index is 0.124. The van der Waals surface area contributed by atoms with Crippen molar-refractivity contribution >= 4 is 38.5 Å². The predicted octanol–water partition coefficient (Wildman–Crippen LogP) is 2.74. The highest BCUT2D eigenvalue weighted by Gasteiger charge is 2.19. The second-order valence-corrected chi connectivity index (χ2v) is 7.57. The molecule has 0 fully saturated rings. The smallest absolute Gasteiger partial charge is 0.264 e. The lowest BCUT2D eigenvalue weighted by Gasteiger charge is -2.09. The third kappa shape index (κ3) is 3.24. The Morgan fingerprint density at radius 1 is 1.04 bits per heavy atom. The molecule has 0 aliphatic rings. The van der Waals surface area contributed by atoms with Gasteiger partial charge in [0.15, 0.2) is 0 Å². The summed E-state index contributed by atoms with van der Waals surface area (Å²) in [4.78, 5) is 0.124. The van der Waals surface area contributed by atoms with Gasteiger partial charge in [-0.3, -0.25) is 9.40 Å². The number of nitrogens with zero attached hydrogens (tertiary/aromatic N) is 4. The van der Waals surface area contributed by atoms with Crippen LogP contribution in [0.15, 0.2) is 65.8 Å². The van der Waals surface area contributed by atoms with Gasteiger partial charge in [-0.15, -0.1) is 0 Å². The van der Waals surface area contributed by atoms with E-state index >= 15 is 0 Å². The molecule has 0 aliphatic carbocycles. The summed E-state index contributed by atoms with van der Waals surface area (Å²) in [7, 11) is -3.74. The van der Waals surface area contributed by atoms with Crippen molar-refractivity contribution in [2.24, 2.45) is 0 Å². The van der Waals surface area contributed by atoms with E-state index in [1.165, 1.54) is 6.07 Å². The maximum atomic E-state index is 12.7. The first-order valence-corrected chi connectivity index (χ1v) is 9.64. The van der Waals surface area contributed by atoms with Crippen molar-refractivity contribution in [3.8, 4) is 0 Å². The molecule has 0 saturated heterocycles. The molecule has 0 atom stereocenters. The van der Waals surface area contributed by atoms with Crippen LogP contribution in [0, 0.1) is 0 Å². The van der Waals surface area contributed by atoms with Gasteiger partial charge in [0.25, 0.3) is 10.0 Å². The van der Waals surface area contributed by atoms with Crippen molar-refractivity contribution in [1.29, 1.82) is 0 Å². The Hall–Kier alpha value is -2.78. The second-order valence-electron chi connectivity index (χ2n) is 5.39. The van der Waals surface area contributed by atoms with E-state index in [2.05, 4.69) is 18.6 Å². The highest BCUT2D eigenvalue weighted by Crippen LogP contribution is 2.23. The molecule has 0 bridgehead atoms. The van der Waals surface area contributed by atoms with Gasteiger partial charge >= 0.3 is 0 Å². The monoisotopic (exact) mass is 371 g/mol. The van der Waals surface area contributed by atoms with Crippen molar-refractivity contribution < 1.29 is 8.42 Å². The molecule has 9 heteroatoms. The average Bonchev–Trinajstić information content (AvgIpc) is 3.27. The average molecular weight is 371 g/mol. The minimum Gasteiger partial charge on any atom is -0.280 e. The van der Waals surface area contributed by atoms with Gasteiger partial charge in [0, 0.05) is 18.1 Å². The predicted molar refractivity (Wildman–Crippen MR) is 96.0 cm³/mol. The van der Waals surface area contributed by atoms with Gasteiger partial charge in [0.2, 0.25) is 0 Å². The lowest BCUT2D eigenvalue weighted by molar-refractivity contribution is 0.602. The van der Waals surface area contributed by atoms with Crippen LogP contribution in [0.4, 0.5) is 5.69 Å². The quantitative estimate of drug-likeness (QED) is 0.583. The molecule has 2 aromatic heterocycles. The summed E-state index contributed by atoms with van der Waals surface area (Å²) in [6, 6.07) is 14.0. The number of hydrogen-bond donors (Lipinski definition) is 1. The molecule has 7 nitrogen and oxygen atoms in total. The third-order valence-corrected chi connectivity index (χ3v) is 5.60. The first-order chi connectivity index (χ1) is 12.1. The fourth-order valence-electron chi connectivity index (χ4n) is 2.47. The van der Waals surface area contributed by atoms with Crippen molar-refractivity contribution in [3.63, 3.8) is 0 Å². The SMILES string of the molecule is O=S(=O)(Nc1ccc(Cn2cccn2)cc1)c1cccc2nsnc12. The summed E-state index contributed by atoms with van der Waals surface area (Å²) in [5, 5.41) is 4.15. The number of nitrogens with one attached hydrogen (secondary N) is 1. The van der Waals surface area contributed by atoms with E-state index in [-0.39, 0.29) is 4.90 Å².